The smallest absolute Gasteiger partial charge is 0.141 e. The molecule has 2 heteroatoms. The van der Waals surface area contributed by atoms with Crippen molar-refractivity contribution in [2.24, 2.45) is 0 Å². The Morgan fingerprint density at radius 1 is 1.17 bits per heavy atom. The Morgan fingerprint density at radius 2 is 1.94 bits per heavy atom. The van der Waals surface area contributed by atoms with Crippen molar-refractivity contribution in [3.63, 3.8) is 0 Å². The van der Waals surface area contributed by atoms with Gasteiger partial charge in [-0.25, -0.2) is 4.98 Å². The molecule has 0 amide bonds. The number of nitrogens with zero attached hydrogens (tertiary/aromatic N) is 2. The maximum Gasteiger partial charge on any atom is 0.141 e. The van der Waals surface area contributed by atoms with Crippen molar-refractivity contribution >= 4 is 11.0 Å². The first-order chi connectivity index (χ1) is 8.65. The first-order valence-electron chi connectivity index (χ1n) is 5.97. The molecule has 0 bridgehead atoms. The van der Waals surface area contributed by atoms with Crippen LogP contribution in [0.25, 0.3) is 11.0 Å². The third kappa shape index (κ3) is 2.11. The summed E-state index contributed by atoms with van der Waals surface area (Å²) in [7, 11) is 0. The summed E-state index contributed by atoms with van der Waals surface area (Å²) in [6.07, 6.45) is 2.04. The molecular weight excluding hydrogens is 220 g/mol. The molecule has 0 aromatic carbocycles. The highest BCUT2D eigenvalue weighted by Crippen LogP contribution is 2.22. The predicted octanol–water partition coefficient (Wildman–Crippen LogP) is 2.99. The molecule has 2 heterocycles. The zero-order chi connectivity index (χ0) is 13.1. The molecule has 2 aromatic rings. The number of hydrogen-bond donors (Lipinski definition) is 0. The van der Waals surface area contributed by atoms with Crippen LogP contribution < -0.4 is 0 Å². The molecule has 0 saturated heterocycles. The van der Waals surface area contributed by atoms with Crippen molar-refractivity contribution < 1.29 is 0 Å². The van der Waals surface area contributed by atoms with Gasteiger partial charge in [0.2, 0.25) is 0 Å². The van der Waals surface area contributed by atoms with Crippen LogP contribution in [0.15, 0.2) is 12.3 Å². The fraction of sp³-hybridized carbons (Fsp3) is 0.312. The molecule has 0 radical (unpaired) electrons. The molecule has 2 nitrogen and oxygen atoms in total. The minimum absolute atomic E-state index is 0.632. The van der Waals surface area contributed by atoms with Gasteiger partial charge in [0, 0.05) is 17.3 Å². The normalized spacial score (nSPS) is 9.56. The van der Waals surface area contributed by atoms with Crippen LogP contribution in [0.5, 0.6) is 0 Å². The Balaban J connectivity index is 2.48. The van der Waals surface area contributed by atoms with E-state index in [0.29, 0.717) is 6.54 Å². The van der Waals surface area contributed by atoms with Crippen molar-refractivity contribution in [3.8, 4) is 23.7 Å². The van der Waals surface area contributed by atoms with E-state index in [1.54, 1.807) is 6.92 Å². The van der Waals surface area contributed by atoms with Gasteiger partial charge in [0.15, 0.2) is 0 Å². The number of pyridine rings is 1. The van der Waals surface area contributed by atoms with Crippen molar-refractivity contribution in [2.45, 2.75) is 34.2 Å². The van der Waals surface area contributed by atoms with E-state index >= 15 is 0 Å². The van der Waals surface area contributed by atoms with Gasteiger partial charge in [0.1, 0.15) is 5.65 Å². The second kappa shape index (κ2) is 4.98. The first-order valence-corrected chi connectivity index (χ1v) is 5.97. The average Bonchev–Trinajstić information content (AvgIpc) is 2.75. The number of aromatic nitrogens is 2. The van der Waals surface area contributed by atoms with E-state index in [0.717, 1.165) is 11.3 Å². The van der Waals surface area contributed by atoms with E-state index in [4.69, 9.17) is 0 Å². The van der Waals surface area contributed by atoms with Crippen LogP contribution in [0, 0.1) is 44.5 Å². The van der Waals surface area contributed by atoms with Crippen LogP contribution >= 0.6 is 0 Å². The molecule has 90 valence electrons. The molecular formula is C16H16N2. The molecule has 0 aliphatic carbocycles. The third-order valence-electron chi connectivity index (χ3n) is 3.24. The summed E-state index contributed by atoms with van der Waals surface area (Å²) in [5, 5.41) is 1.21. The van der Waals surface area contributed by atoms with Crippen LogP contribution in [-0.2, 0) is 6.54 Å². The standard InChI is InChI=1S/C16H16N2/c1-5-6-7-8-10-18-11-9-15-13(3)12(2)14(4)17-16(15)18/h9,11H,10H2,1-4H3. The highest BCUT2D eigenvalue weighted by atomic mass is 15.0. The molecule has 2 rings (SSSR count). The van der Waals surface area contributed by atoms with Gasteiger partial charge in [0.25, 0.3) is 0 Å². The molecule has 0 aliphatic heterocycles. The molecule has 0 N–H and O–H groups in total. The van der Waals surface area contributed by atoms with E-state index < -0.39 is 0 Å². The zero-order valence-corrected chi connectivity index (χ0v) is 11.3. The maximum atomic E-state index is 4.65. The van der Waals surface area contributed by atoms with E-state index in [1.165, 1.54) is 16.5 Å². The van der Waals surface area contributed by atoms with E-state index in [2.05, 4.69) is 53.1 Å². The molecule has 0 spiro atoms. The minimum atomic E-state index is 0.632. The average molecular weight is 236 g/mol. The second-order valence-electron chi connectivity index (χ2n) is 4.30. The SMILES string of the molecule is CC#CC#CCn1ccc2c(C)c(C)c(C)nc21. The van der Waals surface area contributed by atoms with E-state index in [-0.39, 0.29) is 0 Å². The zero-order valence-electron chi connectivity index (χ0n) is 11.3. The Kier molecular flexibility index (Phi) is 3.40. The van der Waals surface area contributed by atoms with Crippen LogP contribution in [0.2, 0.25) is 0 Å². The summed E-state index contributed by atoms with van der Waals surface area (Å²) in [5.41, 5.74) is 4.66. The summed E-state index contributed by atoms with van der Waals surface area (Å²) in [6, 6.07) is 2.11. The van der Waals surface area contributed by atoms with Gasteiger partial charge in [-0.05, 0) is 56.7 Å². The molecule has 18 heavy (non-hydrogen) atoms. The molecule has 0 saturated carbocycles. The molecule has 0 fully saturated rings. The number of fused-ring (bicyclic) bond motifs is 1. The Bertz CT molecular complexity index is 713. The molecule has 2 aromatic heterocycles. The lowest BCUT2D eigenvalue weighted by atomic mass is 10.1. The van der Waals surface area contributed by atoms with Crippen molar-refractivity contribution in [1.29, 1.82) is 0 Å². The summed E-state index contributed by atoms with van der Waals surface area (Å²) in [4.78, 5) is 4.65. The highest BCUT2D eigenvalue weighted by molar-refractivity contribution is 5.81. The van der Waals surface area contributed by atoms with Gasteiger partial charge in [-0.2, -0.15) is 0 Å². The van der Waals surface area contributed by atoms with Gasteiger partial charge in [0.05, 0.1) is 6.54 Å². The topological polar surface area (TPSA) is 17.8 Å². The van der Waals surface area contributed by atoms with Gasteiger partial charge in [-0.15, -0.1) is 0 Å². The van der Waals surface area contributed by atoms with Gasteiger partial charge >= 0.3 is 0 Å². The highest BCUT2D eigenvalue weighted by Gasteiger charge is 2.08. The third-order valence-corrected chi connectivity index (χ3v) is 3.24. The second-order valence-corrected chi connectivity index (χ2v) is 4.30. The summed E-state index contributed by atoms with van der Waals surface area (Å²) in [5.74, 6) is 11.4. The van der Waals surface area contributed by atoms with Crippen LogP contribution in [0.1, 0.15) is 23.7 Å². The van der Waals surface area contributed by atoms with Gasteiger partial charge < -0.3 is 4.57 Å². The monoisotopic (exact) mass is 236 g/mol. The van der Waals surface area contributed by atoms with Crippen molar-refractivity contribution in [2.75, 3.05) is 0 Å². The summed E-state index contributed by atoms with van der Waals surface area (Å²) >= 11 is 0. The largest absolute Gasteiger partial charge is 0.321 e. The summed E-state index contributed by atoms with van der Waals surface area (Å²) < 4.78 is 2.07. The van der Waals surface area contributed by atoms with Crippen LogP contribution in [0.3, 0.4) is 0 Å². The lowest BCUT2D eigenvalue weighted by Crippen LogP contribution is -1.99. The quantitative estimate of drug-likeness (QED) is 0.696. The lowest BCUT2D eigenvalue weighted by molar-refractivity contribution is 0.867. The lowest BCUT2D eigenvalue weighted by Gasteiger charge is -2.07. The predicted molar refractivity (Wildman–Crippen MR) is 75.2 cm³/mol. The Morgan fingerprint density at radius 3 is 2.67 bits per heavy atom. The Hall–Kier alpha value is -2.19. The Labute approximate surface area is 108 Å². The van der Waals surface area contributed by atoms with E-state index in [1.807, 2.05) is 13.1 Å². The molecule has 0 aliphatic rings. The van der Waals surface area contributed by atoms with Crippen molar-refractivity contribution in [1.82, 2.24) is 9.55 Å². The fourth-order valence-electron chi connectivity index (χ4n) is 1.96. The first kappa shape index (κ1) is 12.3. The fourth-order valence-corrected chi connectivity index (χ4v) is 1.96. The number of aryl methyl sites for hydroxylation is 2. The van der Waals surface area contributed by atoms with Gasteiger partial charge in [-0.1, -0.05) is 11.8 Å². The van der Waals surface area contributed by atoms with Gasteiger partial charge in [-0.3, -0.25) is 0 Å². The van der Waals surface area contributed by atoms with E-state index in [9.17, 15) is 0 Å². The minimum Gasteiger partial charge on any atom is -0.321 e. The van der Waals surface area contributed by atoms with Crippen LogP contribution in [-0.4, -0.2) is 9.55 Å². The number of rotatable bonds is 1. The molecule has 0 atom stereocenters. The number of hydrogen-bond acceptors (Lipinski definition) is 1. The maximum absolute atomic E-state index is 4.65. The summed E-state index contributed by atoms with van der Waals surface area (Å²) in [6.45, 7) is 8.73. The van der Waals surface area contributed by atoms with Crippen molar-refractivity contribution in [3.05, 3.63) is 29.1 Å². The molecule has 0 unspecified atom stereocenters. The van der Waals surface area contributed by atoms with Crippen LogP contribution in [0.4, 0.5) is 0 Å².